The first-order chi connectivity index (χ1) is 5.96. The quantitative estimate of drug-likeness (QED) is 0.732. The van der Waals surface area contributed by atoms with Gasteiger partial charge in [0.25, 0.3) is 0 Å². The molecule has 86 valence electrons. The van der Waals surface area contributed by atoms with E-state index in [9.17, 15) is 5.11 Å². The minimum Gasteiger partial charge on any atom is -0.389 e. The molecule has 2 heteroatoms. The number of hydrogen-bond acceptors (Lipinski definition) is 2. The van der Waals surface area contributed by atoms with Crippen molar-refractivity contribution in [2.75, 3.05) is 6.54 Å². The second kappa shape index (κ2) is 4.19. The maximum atomic E-state index is 9.91. The topological polar surface area (TPSA) is 32.3 Å². The largest absolute Gasteiger partial charge is 0.389 e. The van der Waals surface area contributed by atoms with Crippen LogP contribution in [0.5, 0.6) is 0 Å². The fourth-order valence-electron chi connectivity index (χ4n) is 0.966. The molecule has 0 spiro atoms. The molecule has 0 amide bonds. The van der Waals surface area contributed by atoms with Crippen LogP contribution < -0.4 is 5.32 Å². The molecule has 0 fully saturated rings. The predicted molar refractivity (Wildman–Crippen MR) is 62.5 cm³/mol. The van der Waals surface area contributed by atoms with Crippen LogP contribution in [-0.2, 0) is 0 Å². The average molecular weight is 201 g/mol. The summed E-state index contributed by atoms with van der Waals surface area (Å²) in [6.07, 6.45) is 1.12. The Hall–Kier alpha value is -0.0800. The van der Waals surface area contributed by atoms with E-state index in [-0.39, 0.29) is 5.54 Å². The summed E-state index contributed by atoms with van der Waals surface area (Å²) in [4.78, 5) is 0. The highest BCUT2D eigenvalue weighted by Gasteiger charge is 2.34. The second-order valence-electron chi connectivity index (χ2n) is 6.42. The maximum Gasteiger partial charge on any atom is 0.0767 e. The summed E-state index contributed by atoms with van der Waals surface area (Å²) in [5.74, 6) is 0. The van der Waals surface area contributed by atoms with E-state index in [2.05, 4.69) is 26.1 Å². The molecule has 2 N–H and O–H groups in total. The van der Waals surface area contributed by atoms with Crippen molar-refractivity contribution >= 4 is 0 Å². The van der Waals surface area contributed by atoms with Gasteiger partial charge in [0, 0.05) is 5.54 Å². The summed E-state index contributed by atoms with van der Waals surface area (Å²) in [6.45, 7) is 15.4. The molecule has 0 aromatic rings. The van der Waals surface area contributed by atoms with Crippen molar-refractivity contribution in [1.29, 1.82) is 0 Å². The molecule has 0 aromatic carbocycles. The van der Waals surface area contributed by atoms with Crippen molar-refractivity contribution < 1.29 is 5.11 Å². The number of hydrogen-bond donors (Lipinski definition) is 2. The number of aliphatic hydroxyl groups is 1. The van der Waals surface area contributed by atoms with Gasteiger partial charge in [-0.05, 0) is 46.1 Å². The van der Waals surface area contributed by atoms with Crippen molar-refractivity contribution in [1.82, 2.24) is 5.32 Å². The van der Waals surface area contributed by atoms with Crippen LogP contribution in [0.3, 0.4) is 0 Å². The molecule has 0 saturated heterocycles. The summed E-state index contributed by atoms with van der Waals surface area (Å²) < 4.78 is 0. The van der Waals surface area contributed by atoms with Crippen molar-refractivity contribution in [3.8, 4) is 0 Å². The van der Waals surface area contributed by atoms with Crippen LogP contribution >= 0.6 is 0 Å². The summed E-state index contributed by atoms with van der Waals surface area (Å²) >= 11 is 0. The molecular weight excluding hydrogens is 174 g/mol. The Kier molecular flexibility index (Phi) is 4.17. The number of rotatable bonds is 4. The van der Waals surface area contributed by atoms with Gasteiger partial charge in [0.2, 0.25) is 0 Å². The molecule has 14 heavy (non-hydrogen) atoms. The van der Waals surface area contributed by atoms with E-state index in [1.165, 1.54) is 0 Å². The second-order valence-corrected chi connectivity index (χ2v) is 6.42. The Bertz CT molecular complexity index is 172. The zero-order valence-electron chi connectivity index (χ0n) is 10.9. The fourth-order valence-corrected chi connectivity index (χ4v) is 0.966. The first-order valence-corrected chi connectivity index (χ1v) is 5.43. The van der Waals surface area contributed by atoms with Gasteiger partial charge in [-0.1, -0.05) is 20.8 Å². The van der Waals surface area contributed by atoms with Crippen LogP contribution in [0.1, 0.15) is 54.9 Å². The fraction of sp³-hybridized carbons (Fsp3) is 1.00. The monoisotopic (exact) mass is 201 g/mol. The Morgan fingerprint density at radius 3 is 1.64 bits per heavy atom. The van der Waals surface area contributed by atoms with E-state index < -0.39 is 5.60 Å². The SMILES string of the molecule is CC(C)(C)CCNC(C)(C)C(C)(C)O. The predicted octanol–water partition coefficient (Wildman–Crippen LogP) is 2.56. The van der Waals surface area contributed by atoms with Gasteiger partial charge in [0.1, 0.15) is 0 Å². The van der Waals surface area contributed by atoms with Gasteiger partial charge < -0.3 is 10.4 Å². The molecule has 2 nitrogen and oxygen atoms in total. The lowest BCUT2D eigenvalue weighted by Gasteiger charge is -2.39. The molecule has 0 aliphatic carbocycles. The highest BCUT2D eigenvalue weighted by Crippen LogP contribution is 2.22. The summed E-state index contributed by atoms with van der Waals surface area (Å²) in [6, 6.07) is 0. The highest BCUT2D eigenvalue weighted by molar-refractivity contribution is 4.93. The smallest absolute Gasteiger partial charge is 0.0767 e. The molecule has 0 aliphatic rings. The molecule has 0 heterocycles. The zero-order chi connectivity index (χ0) is 11.6. The molecule has 0 radical (unpaired) electrons. The van der Waals surface area contributed by atoms with E-state index in [0.29, 0.717) is 5.41 Å². The van der Waals surface area contributed by atoms with Crippen molar-refractivity contribution in [2.45, 2.75) is 66.0 Å². The normalized spacial score (nSPS) is 14.6. The van der Waals surface area contributed by atoms with E-state index in [1.54, 1.807) is 0 Å². The Balaban J connectivity index is 4.02. The van der Waals surface area contributed by atoms with Crippen molar-refractivity contribution in [3.63, 3.8) is 0 Å². The summed E-state index contributed by atoms with van der Waals surface area (Å²) in [5, 5.41) is 13.3. The standard InChI is InChI=1S/C12H27NO/c1-10(2,3)8-9-13-11(4,5)12(6,7)14/h13-14H,8-9H2,1-7H3. The van der Waals surface area contributed by atoms with Crippen molar-refractivity contribution in [3.05, 3.63) is 0 Å². The zero-order valence-corrected chi connectivity index (χ0v) is 10.9. The van der Waals surface area contributed by atoms with Crippen molar-refractivity contribution in [2.24, 2.45) is 5.41 Å². The van der Waals surface area contributed by atoms with Gasteiger partial charge in [-0.25, -0.2) is 0 Å². The first-order valence-electron chi connectivity index (χ1n) is 5.43. The van der Waals surface area contributed by atoms with Gasteiger partial charge >= 0.3 is 0 Å². The lowest BCUT2D eigenvalue weighted by Crippen LogP contribution is -2.56. The lowest BCUT2D eigenvalue weighted by atomic mass is 9.85. The third-order valence-electron chi connectivity index (χ3n) is 2.97. The maximum absolute atomic E-state index is 9.91. The third kappa shape index (κ3) is 4.97. The summed E-state index contributed by atoms with van der Waals surface area (Å²) in [5.41, 5.74) is -0.578. The van der Waals surface area contributed by atoms with Crippen LogP contribution in [0.4, 0.5) is 0 Å². The highest BCUT2D eigenvalue weighted by atomic mass is 16.3. The minimum atomic E-state index is -0.690. The molecule has 0 unspecified atom stereocenters. The molecule has 0 rings (SSSR count). The van der Waals surface area contributed by atoms with Gasteiger partial charge in [-0.15, -0.1) is 0 Å². The molecule has 0 bridgehead atoms. The van der Waals surface area contributed by atoms with Crippen LogP contribution in [-0.4, -0.2) is 22.8 Å². The van der Waals surface area contributed by atoms with E-state index in [4.69, 9.17) is 0 Å². The van der Waals surface area contributed by atoms with Crippen LogP contribution in [0.2, 0.25) is 0 Å². The third-order valence-corrected chi connectivity index (χ3v) is 2.97. The van der Waals surface area contributed by atoms with Gasteiger partial charge in [-0.3, -0.25) is 0 Å². The summed E-state index contributed by atoms with van der Waals surface area (Å²) in [7, 11) is 0. The van der Waals surface area contributed by atoms with Crippen LogP contribution in [0, 0.1) is 5.41 Å². The van der Waals surface area contributed by atoms with E-state index in [0.717, 1.165) is 13.0 Å². The molecule has 0 atom stereocenters. The molecular formula is C12H27NO. The van der Waals surface area contributed by atoms with Gasteiger partial charge in [0.05, 0.1) is 5.60 Å². The molecule has 0 aliphatic heterocycles. The molecule has 0 saturated carbocycles. The van der Waals surface area contributed by atoms with Crippen LogP contribution in [0.15, 0.2) is 0 Å². The Morgan fingerprint density at radius 1 is 0.929 bits per heavy atom. The van der Waals surface area contributed by atoms with Crippen LogP contribution in [0.25, 0.3) is 0 Å². The minimum absolute atomic E-state index is 0.238. The van der Waals surface area contributed by atoms with Gasteiger partial charge in [0.15, 0.2) is 0 Å². The van der Waals surface area contributed by atoms with E-state index in [1.807, 2.05) is 27.7 Å². The Morgan fingerprint density at radius 2 is 1.36 bits per heavy atom. The lowest BCUT2D eigenvalue weighted by molar-refractivity contribution is -0.00533. The molecule has 0 aromatic heterocycles. The average Bonchev–Trinajstić information content (AvgIpc) is 1.80. The first kappa shape index (κ1) is 13.9. The van der Waals surface area contributed by atoms with Gasteiger partial charge in [-0.2, -0.15) is 0 Å². The Labute approximate surface area is 89.1 Å². The van der Waals surface area contributed by atoms with E-state index >= 15 is 0 Å². The number of nitrogens with one attached hydrogen (secondary N) is 1.